The Hall–Kier alpha value is -0.396. The first-order valence-electron chi connectivity index (χ1n) is 5.98. The SMILES string of the molecule is C=C(C)C(=O)OCC(C)[Si](C)(C)O[Si](C)(C)C. The highest BCUT2D eigenvalue weighted by atomic mass is 28.4. The summed E-state index contributed by atoms with van der Waals surface area (Å²) in [5, 5.41) is 0. The van der Waals surface area contributed by atoms with E-state index in [0.717, 1.165) is 0 Å². The fourth-order valence-corrected chi connectivity index (χ4v) is 9.02. The van der Waals surface area contributed by atoms with Gasteiger partial charge in [0.25, 0.3) is 0 Å². The van der Waals surface area contributed by atoms with Gasteiger partial charge in [0.15, 0.2) is 16.6 Å². The second-order valence-corrected chi connectivity index (χ2v) is 15.3. The molecule has 17 heavy (non-hydrogen) atoms. The molecular formula is C12H26O3Si2. The van der Waals surface area contributed by atoms with E-state index in [9.17, 15) is 4.79 Å². The minimum atomic E-state index is -1.79. The molecule has 3 nitrogen and oxygen atoms in total. The Balaban J connectivity index is 4.35. The molecule has 0 rings (SSSR count). The average Bonchev–Trinajstić information content (AvgIpc) is 2.09. The van der Waals surface area contributed by atoms with Gasteiger partial charge in [0, 0.05) is 11.1 Å². The molecule has 0 amide bonds. The molecule has 0 radical (unpaired) electrons. The first-order chi connectivity index (χ1) is 7.46. The van der Waals surface area contributed by atoms with Crippen LogP contribution in [0.15, 0.2) is 12.2 Å². The average molecular weight is 275 g/mol. The van der Waals surface area contributed by atoms with Crippen molar-refractivity contribution in [3.8, 4) is 0 Å². The van der Waals surface area contributed by atoms with Gasteiger partial charge in [-0.3, -0.25) is 0 Å². The van der Waals surface area contributed by atoms with Gasteiger partial charge in [-0.05, 0) is 39.7 Å². The Bertz CT molecular complexity index is 293. The predicted octanol–water partition coefficient (Wildman–Crippen LogP) is 3.55. The molecule has 0 aromatic carbocycles. The third-order valence-electron chi connectivity index (χ3n) is 2.57. The van der Waals surface area contributed by atoms with Crippen molar-refractivity contribution in [3.05, 3.63) is 12.2 Å². The molecule has 0 aromatic heterocycles. The quantitative estimate of drug-likeness (QED) is 0.422. The Labute approximate surface area is 107 Å². The molecule has 5 heteroatoms. The number of hydrogen-bond acceptors (Lipinski definition) is 3. The third kappa shape index (κ3) is 6.80. The van der Waals surface area contributed by atoms with E-state index in [-0.39, 0.29) is 11.5 Å². The highest BCUT2D eigenvalue weighted by Crippen LogP contribution is 2.26. The maximum Gasteiger partial charge on any atom is 0.333 e. The molecule has 100 valence electrons. The molecule has 0 aliphatic heterocycles. The summed E-state index contributed by atoms with van der Waals surface area (Å²) in [5.41, 5.74) is 0.736. The Morgan fingerprint density at radius 3 is 2.06 bits per heavy atom. The lowest BCUT2D eigenvalue weighted by Crippen LogP contribution is -2.46. The van der Waals surface area contributed by atoms with Crippen LogP contribution >= 0.6 is 0 Å². The van der Waals surface area contributed by atoms with E-state index in [1.807, 2.05) is 0 Å². The highest BCUT2D eigenvalue weighted by molar-refractivity contribution is 6.85. The zero-order chi connectivity index (χ0) is 13.9. The first-order valence-corrected chi connectivity index (χ1v) is 12.4. The van der Waals surface area contributed by atoms with E-state index < -0.39 is 16.6 Å². The minimum absolute atomic E-state index is 0.289. The van der Waals surface area contributed by atoms with Crippen molar-refractivity contribution < 1.29 is 13.6 Å². The molecular weight excluding hydrogens is 248 g/mol. The van der Waals surface area contributed by atoms with Crippen LogP contribution < -0.4 is 0 Å². The van der Waals surface area contributed by atoms with Crippen molar-refractivity contribution in [1.29, 1.82) is 0 Å². The van der Waals surface area contributed by atoms with E-state index in [1.54, 1.807) is 6.92 Å². The summed E-state index contributed by atoms with van der Waals surface area (Å²) in [6.45, 7) is 18.7. The largest absolute Gasteiger partial charge is 0.462 e. The zero-order valence-corrected chi connectivity index (χ0v) is 14.2. The summed E-state index contributed by atoms with van der Waals surface area (Å²) in [7, 11) is -3.32. The summed E-state index contributed by atoms with van der Waals surface area (Å²) in [6, 6.07) is 0. The van der Waals surface area contributed by atoms with Gasteiger partial charge in [0.2, 0.25) is 0 Å². The third-order valence-corrected chi connectivity index (χ3v) is 9.66. The number of esters is 1. The Morgan fingerprint density at radius 2 is 1.71 bits per heavy atom. The lowest BCUT2D eigenvalue weighted by Gasteiger charge is -2.35. The van der Waals surface area contributed by atoms with Crippen molar-refractivity contribution >= 4 is 22.6 Å². The van der Waals surface area contributed by atoms with E-state index in [4.69, 9.17) is 8.85 Å². The molecule has 1 unspecified atom stereocenters. The van der Waals surface area contributed by atoms with Crippen LogP contribution in [0, 0.1) is 0 Å². The number of rotatable bonds is 6. The van der Waals surface area contributed by atoms with Crippen LogP contribution in [0.1, 0.15) is 13.8 Å². The number of ether oxygens (including phenoxy) is 1. The second kappa shape index (κ2) is 5.97. The monoisotopic (exact) mass is 274 g/mol. The van der Waals surface area contributed by atoms with Crippen molar-refractivity contribution in [2.75, 3.05) is 6.61 Å². The summed E-state index contributed by atoms with van der Waals surface area (Å²) in [6.07, 6.45) is 0. The number of carbonyl (C=O) groups excluding carboxylic acids is 1. The maximum atomic E-state index is 11.3. The standard InChI is InChI=1S/C12H26O3Si2/c1-10(2)12(13)14-9-11(3)17(7,8)15-16(4,5)6/h11H,1,9H2,2-8H3. The predicted molar refractivity (Wildman–Crippen MR) is 77.1 cm³/mol. The van der Waals surface area contributed by atoms with Crippen LogP contribution in [-0.2, 0) is 13.6 Å². The Morgan fingerprint density at radius 1 is 1.24 bits per heavy atom. The summed E-state index contributed by atoms with van der Waals surface area (Å²) >= 11 is 0. The van der Waals surface area contributed by atoms with Crippen LogP contribution in [0.4, 0.5) is 0 Å². The van der Waals surface area contributed by atoms with Crippen LogP contribution in [-0.4, -0.2) is 29.2 Å². The molecule has 0 fully saturated rings. The lowest BCUT2D eigenvalue weighted by molar-refractivity contribution is -0.139. The molecule has 0 heterocycles. The van der Waals surface area contributed by atoms with Gasteiger partial charge in [-0.1, -0.05) is 13.5 Å². The van der Waals surface area contributed by atoms with Gasteiger partial charge in [-0.25, -0.2) is 4.79 Å². The van der Waals surface area contributed by atoms with Crippen molar-refractivity contribution in [1.82, 2.24) is 0 Å². The van der Waals surface area contributed by atoms with Gasteiger partial charge in [0.1, 0.15) is 0 Å². The fraction of sp³-hybridized carbons (Fsp3) is 0.750. The molecule has 0 aromatic rings. The smallest absolute Gasteiger partial charge is 0.333 e. The fourth-order valence-electron chi connectivity index (χ4n) is 1.41. The van der Waals surface area contributed by atoms with Gasteiger partial charge < -0.3 is 8.85 Å². The molecule has 0 N–H and O–H groups in total. The lowest BCUT2D eigenvalue weighted by atomic mass is 10.4. The van der Waals surface area contributed by atoms with Crippen LogP contribution in [0.3, 0.4) is 0 Å². The maximum absolute atomic E-state index is 11.3. The number of hydrogen-bond donors (Lipinski definition) is 0. The van der Waals surface area contributed by atoms with Crippen LogP contribution in [0.25, 0.3) is 0 Å². The summed E-state index contributed by atoms with van der Waals surface area (Å²) in [4.78, 5) is 11.3. The van der Waals surface area contributed by atoms with Gasteiger partial charge in [-0.2, -0.15) is 0 Å². The summed E-state index contributed by atoms with van der Waals surface area (Å²) in [5.74, 6) is -0.311. The summed E-state index contributed by atoms with van der Waals surface area (Å²) < 4.78 is 11.4. The van der Waals surface area contributed by atoms with Crippen molar-refractivity contribution in [2.24, 2.45) is 0 Å². The van der Waals surface area contributed by atoms with Crippen LogP contribution in [0.2, 0.25) is 38.3 Å². The zero-order valence-electron chi connectivity index (χ0n) is 12.2. The molecule has 0 aliphatic carbocycles. The molecule has 1 atom stereocenters. The first kappa shape index (κ1) is 16.6. The Kier molecular flexibility index (Phi) is 5.83. The highest BCUT2D eigenvalue weighted by Gasteiger charge is 2.35. The van der Waals surface area contributed by atoms with E-state index in [2.05, 4.69) is 46.2 Å². The van der Waals surface area contributed by atoms with Gasteiger partial charge >= 0.3 is 5.97 Å². The van der Waals surface area contributed by atoms with E-state index in [0.29, 0.717) is 12.2 Å². The normalized spacial score (nSPS) is 14.3. The molecule has 0 saturated carbocycles. The van der Waals surface area contributed by atoms with Crippen molar-refractivity contribution in [2.45, 2.75) is 52.1 Å². The molecule has 0 bridgehead atoms. The minimum Gasteiger partial charge on any atom is -0.462 e. The van der Waals surface area contributed by atoms with Crippen molar-refractivity contribution in [3.63, 3.8) is 0 Å². The van der Waals surface area contributed by atoms with E-state index >= 15 is 0 Å². The number of carbonyl (C=O) groups is 1. The molecule has 0 aliphatic rings. The molecule has 0 spiro atoms. The van der Waals surface area contributed by atoms with E-state index in [1.165, 1.54) is 0 Å². The second-order valence-electron chi connectivity index (χ2n) is 6.10. The van der Waals surface area contributed by atoms with Gasteiger partial charge in [-0.15, -0.1) is 0 Å². The molecule has 0 saturated heterocycles. The van der Waals surface area contributed by atoms with Crippen LogP contribution in [0.5, 0.6) is 0 Å². The topological polar surface area (TPSA) is 35.5 Å². The van der Waals surface area contributed by atoms with Gasteiger partial charge in [0.05, 0.1) is 6.61 Å².